The molecular formula is C19H17ClF2N2O. The Balaban J connectivity index is 1.76. The normalized spacial score (nSPS) is 19.2. The molecule has 0 saturated carbocycles. The second-order valence-electron chi connectivity index (χ2n) is 6.70. The number of rotatable bonds is 1. The van der Waals surface area contributed by atoms with Crippen molar-refractivity contribution in [2.24, 2.45) is 0 Å². The molecule has 0 atom stereocenters. The number of carbonyl (C=O) groups is 1. The van der Waals surface area contributed by atoms with Gasteiger partial charge >= 0.3 is 0 Å². The highest BCUT2D eigenvalue weighted by Crippen LogP contribution is 2.47. The van der Waals surface area contributed by atoms with Gasteiger partial charge in [0.25, 0.3) is 5.91 Å². The molecule has 2 aromatic rings. The highest BCUT2D eigenvalue weighted by atomic mass is 35.5. The Hall–Kier alpha value is -1.98. The van der Waals surface area contributed by atoms with Gasteiger partial charge in [0, 0.05) is 30.7 Å². The monoisotopic (exact) mass is 362 g/mol. The van der Waals surface area contributed by atoms with Crippen LogP contribution in [0.15, 0.2) is 42.5 Å². The molecule has 4 rings (SSSR count). The van der Waals surface area contributed by atoms with Crippen molar-refractivity contribution in [2.75, 3.05) is 24.5 Å². The van der Waals surface area contributed by atoms with E-state index >= 15 is 0 Å². The predicted octanol–water partition coefficient (Wildman–Crippen LogP) is 4.11. The van der Waals surface area contributed by atoms with Crippen LogP contribution in [-0.4, -0.2) is 30.0 Å². The third-order valence-corrected chi connectivity index (χ3v) is 5.65. The van der Waals surface area contributed by atoms with Crippen LogP contribution in [0.1, 0.15) is 28.8 Å². The molecule has 1 saturated heterocycles. The molecule has 0 bridgehead atoms. The summed E-state index contributed by atoms with van der Waals surface area (Å²) in [5.74, 6) is -2.30. The van der Waals surface area contributed by atoms with Gasteiger partial charge < -0.3 is 4.90 Å². The average Bonchev–Trinajstić information content (AvgIpc) is 2.92. The molecular weight excluding hydrogens is 346 g/mol. The van der Waals surface area contributed by atoms with Gasteiger partial charge in [0.05, 0.1) is 0 Å². The first-order valence-corrected chi connectivity index (χ1v) is 8.62. The zero-order valence-electron chi connectivity index (χ0n) is 13.5. The second-order valence-corrected chi connectivity index (χ2v) is 7.17. The van der Waals surface area contributed by atoms with Crippen LogP contribution in [0.3, 0.4) is 0 Å². The maximum atomic E-state index is 14.1. The number of piperidine rings is 1. The lowest BCUT2D eigenvalue weighted by Crippen LogP contribution is -2.43. The second kappa shape index (κ2) is 6.07. The van der Waals surface area contributed by atoms with E-state index in [0.717, 1.165) is 36.2 Å². The number of amides is 1. The van der Waals surface area contributed by atoms with Crippen molar-refractivity contribution >= 4 is 23.4 Å². The first-order valence-electron chi connectivity index (χ1n) is 8.28. The minimum absolute atomic E-state index is 0.209. The fourth-order valence-corrected chi connectivity index (χ4v) is 4.15. The van der Waals surface area contributed by atoms with E-state index < -0.39 is 23.1 Å². The Kier molecular flexibility index (Phi) is 4.01. The topological polar surface area (TPSA) is 23.6 Å². The highest BCUT2D eigenvalue weighted by molar-refractivity contribution is 6.13. The number of carbonyl (C=O) groups excluding carboxylic acids is 1. The Morgan fingerprint density at radius 3 is 2.32 bits per heavy atom. The summed E-state index contributed by atoms with van der Waals surface area (Å²) in [6.45, 7) is 1.85. The van der Waals surface area contributed by atoms with Gasteiger partial charge in [-0.15, -0.1) is 0 Å². The van der Waals surface area contributed by atoms with Crippen LogP contribution in [0, 0.1) is 11.6 Å². The minimum Gasteiger partial charge on any atom is -0.307 e. The number of hydrogen-bond acceptors (Lipinski definition) is 2. The predicted molar refractivity (Wildman–Crippen MR) is 92.8 cm³/mol. The molecule has 1 fully saturated rings. The molecule has 6 heteroatoms. The first kappa shape index (κ1) is 16.5. The van der Waals surface area contributed by atoms with Crippen molar-refractivity contribution in [1.29, 1.82) is 0 Å². The molecule has 1 spiro atoms. The van der Waals surface area contributed by atoms with Crippen molar-refractivity contribution in [2.45, 2.75) is 18.3 Å². The minimum atomic E-state index is -0.834. The molecule has 0 aromatic heterocycles. The number of anilines is 1. The van der Waals surface area contributed by atoms with Gasteiger partial charge in [0.1, 0.15) is 17.2 Å². The Labute approximate surface area is 149 Å². The van der Waals surface area contributed by atoms with E-state index in [0.29, 0.717) is 19.6 Å². The zero-order valence-corrected chi connectivity index (χ0v) is 14.3. The van der Waals surface area contributed by atoms with Crippen molar-refractivity contribution in [3.05, 3.63) is 65.2 Å². The van der Waals surface area contributed by atoms with Gasteiger partial charge in [-0.05, 0) is 48.4 Å². The molecule has 1 amide bonds. The fraction of sp³-hybridized carbons (Fsp3) is 0.316. The first-order chi connectivity index (χ1) is 12.0. The molecule has 0 aliphatic carbocycles. The summed E-state index contributed by atoms with van der Waals surface area (Å²) in [5.41, 5.74) is 1.09. The lowest BCUT2D eigenvalue weighted by atomic mass is 9.75. The number of hydrogen-bond donors (Lipinski definition) is 0. The van der Waals surface area contributed by atoms with E-state index in [4.69, 9.17) is 11.8 Å². The Morgan fingerprint density at radius 2 is 1.64 bits per heavy atom. The fourth-order valence-electron chi connectivity index (χ4n) is 3.98. The quantitative estimate of drug-likeness (QED) is 0.713. The lowest BCUT2D eigenvalue weighted by Gasteiger charge is -2.37. The van der Waals surface area contributed by atoms with Crippen LogP contribution in [0.5, 0.6) is 0 Å². The van der Waals surface area contributed by atoms with Crippen LogP contribution in [-0.2, 0) is 5.41 Å². The van der Waals surface area contributed by atoms with Crippen LogP contribution in [0.2, 0.25) is 0 Å². The number of halogens is 3. The van der Waals surface area contributed by atoms with E-state index in [1.807, 2.05) is 24.3 Å². The Bertz CT molecular complexity index is 814. The smallest absolute Gasteiger partial charge is 0.264 e. The van der Waals surface area contributed by atoms with E-state index in [1.165, 1.54) is 11.0 Å². The van der Waals surface area contributed by atoms with Gasteiger partial charge in [-0.3, -0.25) is 4.79 Å². The van der Waals surface area contributed by atoms with Crippen molar-refractivity contribution in [3.8, 4) is 0 Å². The van der Waals surface area contributed by atoms with Crippen molar-refractivity contribution in [3.63, 3.8) is 0 Å². The summed E-state index contributed by atoms with van der Waals surface area (Å²) >= 11 is 6.10. The van der Waals surface area contributed by atoms with Crippen LogP contribution in [0.4, 0.5) is 14.5 Å². The molecule has 0 unspecified atom stereocenters. The van der Waals surface area contributed by atoms with Gasteiger partial charge in [-0.25, -0.2) is 13.2 Å². The van der Waals surface area contributed by atoms with E-state index in [9.17, 15) is 13.6 Å². The summed E-state index contributed by atoms with van der Waals surface area (Å²) < 4.78 is 30.0. The van der Waals surface area contributed by atoms with Gasteiger partial charge in [0.15, 0.2) is 0 Å². The third kappa shape index (κ3) is 2.62. The van der Waals surface area contributed by atoms with Crippen LogP contribution in [0.25, 0.3) is 0 Å². The summed E-state index contributed by atoms with van der Waals surface area (Å²) in [5, 5.41) is 0. The van der Waals surface area contributed by atoms with Crippen LogP contribution < -0.4 is 4.90 Å². The van der Waals surface area contributed by atoms with Crippen molar-refractivity contribution < 1.29 is 13.6 Å². The third-order valence-electron chi connectivity index (χ3n) is 5.31. The van der Waals surface area contributed by atoms with Crippen molar-refractivity contribution in [1.82, 2.24) is 4.42 Å². The maximum absolute atomic E-state index is 14.1. The summed E-state index contributed by atoms with van der Waals surface area (Å²) in [6.07, 6.45) is 1.61. The Morgan fingerprint density at radius 1 is 1.00 bits per heavy atom. The SMILES string of the molecule is O=C(c1c(F)cccc1F)N1CC2(CCN(Cl)CC2)c2ccccc21. The highest BCUT2D eigenvalue weighted by Gasteiger charge is 2.46. The number of fused-ring (bicyclic) bond motifs is 2. The van der Waals surface area contributed by atoms with Gasteiger partial charge in [-0.1, -0.05) is 24.3 Å². The summed E-state index contributed by atoms with van der Waals surface area (Å²) in [7, 11) is 0. The standard InChI is InChI=1S/C19H17ClF2N2O/c20-23-10-8-19(9-11-23)12-24(16-7-2-1-4-13(16)19)18(25)17-14(21)5-3-6-15(17)22/h1-7H,8-12H2. The molecule has 25 heavy (non-hydrogen) atoms. The largest absolute Gasteiger partial charge is 0.307 e. The molecule has 130 valence electrons. The zero-order chi connectivity index (χ0) is 17.6. The molecule has 2 aliphatic heterocycles. The van der Waals surface area contributed by atoms with E-state index in [-0.39, 0.29) is 5.41 Å². The van der Waals surface area contributed by atoms with Gasteiger partial charge in [0.2, 0.25) is 0 Å². The molecule has 2 aromatic carbocycles. The molecule has 2 heterocycles. The molecule has 2 aliphatic rings. The summed E-state index contributed by atoms with van der Waals surface area (Å²) in [4.78, 5) is 14.5. The summed E-state index contributed by atoms with van der Waals surface area (Å²) in [6, 6.07) is 11.1. The van der Waals surface area contributed by atoms with Crippen LogP contribution >= 0.6 is 11.8 Å². The maximum Gasteiger partial charge on any atom is 0.264 e. The molecule has 3 nitrogen and oxygen atoms in total. The number of nitrogens with zero attached hydrogens (tertiary/aromatic N) is 2. The average molecular weight is 363 g/mol. The number of para-hydroxylation sites is 1. The number of benzene rings is 2. The van der Waals surface area contributed by atoms with E-state index in [2.05, 4.69) is 0 Å². The molecule has 0 N–H and O–H groups in total. The lowest BCUT2D eigenvalue weighted by molar-refractivity contribution is 0.0973. The molecule has 0 radical (unpaired) electrons. The van der Waals surface area contributed by atoms with E-state index in [1.54, 1.807) is 4.42 Å². The van der Waals surface area contributed by atoms with Gasteiger partial charge in [-0.2, -0.15) is 0 Å².